The van der Waals surface area contributed by atoms with Gasteiger partial charge in [-0.05, 0) is 30.2 Å². The molecule has 1 aromatic carbocycles. The van der Waals surface area contributed by atoms with Crippen molar-refractivity contribution >= 4 is 17.0 Å². The van der Waals surface area contributed by atoms with Crippen molar-refractivity contribution in [3.63, 3.8) is 0 Å². The van der Waals surface area contributed by atoms with Crippen molar-refractivity contribution in [2.45, 2.75) is 13.0 Å². The van der Waals surface area contributed by atoms with Gasteiger partial charge in [-0.15, -0.1) is 0 Å². The topological polar surface area (TPSA) is 78.5 Å². The first kappa shape index (κ1) is 12.0. The molecule has 0 saturated carbocycles. The van der Waals surface area contributed by atoms with Crippen molar-refractivity contribution in [2.24, 2.45) is 0 Å². The van der Waals surface area contributed by atoms with Gasteiger partial charge in [0.15, 0.2) is 0 Å². The molecule has 0 radical (unpaired) electrons. The van der Waals surface area contributed by atoms with E-state index in [1.54, 1.807) is 6.20 Å². The van der Waals surface area contributed by atoms with Crippen LogP contribution in [0.4, 0.5) is 4.79 Å². The molecule has 2 heterocycles. The number of benzene rings is 1. The first-order chi connectivity index (χ1) is 9.15. The van der Waals surface area contributed by atoms with Crippen LogP contribution in [-0.4, -0.2) is 46.0 Å². The van der Waals surface area contributed by atoms with E-state index in [-0.39, 0.29) is 6.10 Å². The fourth-order valence-electron chi connectivity index (χ4n) is 2.48. The van der Waals surface area contributed by atoms with Crippen LogP contribution in [0.3, 0.4) is 0 Å². The molecule has 1 aliphatic rings. The van der Waals surface area contributed by atoms with Crippen LogP contribution in [0.25, 0.3) is 10.9 Å². The average Bonchev–Trinajstić information content (AvgIpc) is 2.85. The lowest BCUT2D eigenvalue weighted by molar-refractivity contribution is -0.0234. The van der Waals surface area contributed by atoms with Crippen LogP contribution in [0.2, 0.25) is 0 Å². The summed E-state index contributed by atoms with van der Waals surface area (Å²) in [6, 6.07) is 4.03. The van der Waals surface area contributed by atoms with Gasteiger partial charge in [0.25, 0.3) is 0 Å². The number of fused-ring (bicyclic) bond motifs is 1. The zero-order chi connectivity index (χ0) is 13.4. The van der Waals surface area contributed by atoms with E-state index in [1.165, 1.54) is 4.90 Å². The lowest BCUT2D eigenvalue weighted by Crippen LogP contribution is -2.41. The fraction of sp³-hybridized carbons (Fsp3) is 0.385. The minimum absolute atomic E-state index is 0.211. The van der Waals surface area contributed by atoms with Crippen LogP contribution >= 0.6 is 0 Å². The van der Waals surface area contributed by atoms with Crippen LogP contribution in [0.5, 0.6) is 0 Å². The predicted molar refractivity (Wildman–Crippen MR) is 69.1 cm³/mol. The highest BCUT2D eigenvalue weighted by atomic mass is 16.5. The number of aryl methyl sites for hydroxylation is 1. The Balaban J connectivity index is 1.94. The van der Waals surface area contributed by atoms with Gasteiger partial charge >= 0.3 is 6.09 Å². The van der Waals surface area contributed by atoms with Gasteiger partial charge in [-0.25, -0.2) is 4.79 Å². The third-order valence-electron chi connectivity index (χ3n) is 3.51. The number of nitrogens with one attached hydrogen (secondary N) is 1. The van der Waals surface area contributed by atoms with Crippen molar-refractivity contribution in [1.82, 2.24) is 15.1 Å². The van der Waals surface area contributed by atoms with Gasteiger partial charge in [0.1, 0.15) is 6.10 Å². The number of amides is 1. The summed E-state index contributed by atoms with van der Waals surface area (Å²) in [5, 5.41) is 17.0. The Kier molecular flexibility index (Phi) is 2.87. The molecule has 1 fully saturated rings. The van der Waals surface area contributed by atoms with Crippen molar-refractivity contribution in [3.05, 3.63) is 29.5 Å². The molecule has 1 saturated heterocycles. The molecule has 0 bridgehead atoms. The van der Waals surface area contributed by atoms with Gasteiger partial charge in [-0.3, -0.25) is 5.10 Å². The summed E-state index contributed by atoms with van der Waals surface area (Å²) >= 11 is 0. The lowest BCUT2D eigenvalue weighted by atomic mass is 10.0. The van der Waals surface area contributed by atoms with Crippen LogP contribution in [0.15, 0.2) is 18.3 Å². The highest BCUT2D eigenvalue weighted by Gasteiger charge is 2.26. The van der Waals surface area contributed by atoms with Crippen molar-refractivity contribution in [3.8, 4) is 0 Å². The van der Waals surface area contributed by atoms with E-state index in [4.69, 9.17) is 9.84 Å². The molecule has 6 heteroatoms. The van der Waals surface area contributed by atoms with Gasteiger partial charge in [0, 0.05) is 11.9 Å². The summed E-state index contributed by atoms with van der Waals surface area (Å²) in [6.45, 7) is 3.23. The summed E-state index contributed by atoms with van der Waals surface area (Å²) in [6.07, 6.45) is 0.670. The number of carboxylic acid groups (broad SMARTS) is 1. The fourth-order valence-corrected chi connectivity index (χ4v) is 2.48. The molecule has 1 aliphatic heterocycles. The maximum atomic E-state index is 11.0. The molecule has 2 aromatic rings. The van der Waals surface area contributed by atoms with Crippen LogP contribution in [0.1, 0.15) is 17.2 Å². The Bertz CT molecular complexity index is 623. The minimum atomic E-state index is -0.895. The van der Waals surface area contributed by atoms with Gasteiger partial charge < -0.3 is 14.7 Å². The number of nitrogens with zero attached hydrogens (tertiary/aromatic N) is 2. The quantitative estimate of drug-likeness (QED) is 0.822. The number of carbonyl (C=O) groups is 1. The van der Waals surface area contributed by atoms with E-state index in [9.17, 15) is 4.79 Å². The van der Waals surface area contributed by atoms with E-state index in [1.807, 2.05) is 19.1 Å². The Labute approximate surface area is 110 Å². The number of aromatic nitrogens is 2. The number of morpholine rings is 1. The molecule has 3 rings (SSSR count). The number of hydrogen-bond acceptors (Lipinski definition) is 3. The lowest BCUT2D eigenvalue weighted by Gasteiger charge is -2.32. The van der Waals surface area contributed by atoms with E-state index >= 15 is 0 Å². The van der Waals surface area contributed by atoms with E-state index in [0.29, 0.717) is 19.7 Å². The first-order valence-electron chi connectivity index (χ1n) is 6.18. The predicted octanol–water partition coefficient (Wildman–Crippen LogP) is 1.92. The van der Waals surface area contributed by atoms with Crippen LogP contribution in [-0.2, 0) is 4.74 Å². The molecular formula is C13H15N3O3. The maximum absolute atomic E-state index is 11.0. The number of rotatable bonds is 1. The monoisotopic (exact) mass is 261 g/mol. The first-order valence-corrected chi connectivity index (χ1v) is 6.18. The smallest absolute Gasteiger partial charge is 0.407 e. The standard InChI is InChI=1S/C13H15N3O3/c1-8-4-9-6-14-15-11(9)5-10(8)12-7-16(13(17)18)2-3-19-12/h4-6,12H,2-3,7H2,1H3,(H,14,15)(H,17,18). The SMILES string of the molecule is Cc1cc2cn[nH]c2cc1C1CN(C(=O)O)CCO1. The largest absolute Gasteiger partial charge is 0.465 e. The Hall–Kier alpha value is -2.08. The summed E-state index contributed by atoms with van der Waals surface area (Å²) in [5.74, 6) is 0. The molecule has 2 N–H and O–H groups in total. The van der Waals surface area contributed by atoms with Crippen LogP contribution in [0, 0.1) is 6.92 Å². The van der Waals surface area contributed by atoms with E-state index in [2.05, 4.69) is 10.2 Å². The van der Waals surface area contributed by atoms with Crippen LogP contribution < -0.4 is 0 Å². The number of hydrogen-bond donors (Lipinski definition) is 2. The molecule has 19 heavy (non-hydrogen) atoms. The van der Waals surface area contributed by atoms with Gasteiger partial charge in [0.2, 0.25) is 0 Å². The molecule has 0 spiro atoms. The third kappa shape index (κ3) is 2.15. The number of aromatic amines is 1. The summed E-state index contributed by atoms with van der Waals surface area (Å²) in [7, 11) is 0. The Morgan fingerprint density at radius 1 is 1.58 bits per heavy atom. The van der Waals surface area contributed by atoms with Crippen molar-refractivity contribution in [1.29, 1.82) is 0 Å². The minimum Gasteiger partial charge on any atom is -0.465 e. The molecule has 1 aromatic heterocycles. The second-order valence-electron chi connectivity index (χ2n) is 4.75. The highest BCUT2D eigenvalue weighted by Crippen LogP contribution is 2.28. The highest BCUT2D eigenvalue weighted by molar-refractivity contribution is 5.79. The molecule has 6 nitrogen and oxygen atoms in total. The summed E-state index contributed by atoms with van der Waals surface area (Å²) < 4.78 is 5.71. The molecule has 1 unspecified atom stereocenters. The number of H-pyrrole nitrogens is 1. The van der Waals surface area contributed by atoms with Crippen molar-refractivity contribution in [2.75, 3.05) is 19.7 Å². The Morgan fingerprint density at radius 3 is 3.21 bits per heavy atom. The second kappa shape index (κ2) is 4.55. The van der Waals surface area contributed by atoms with Gasteiger partial charge in [-0.1, -0.05) is 0 Å². The zero-order valence-corrected chi connectivity index (χ0v) is 10.6. The Morgan fingerprint density at radius 2 is 2.42 bits per heavy atom. The van der Waals surface area contributed by atoms with Crippen molar-refractivity contribution < 1.29 is 14.6 Å². The summed E-state index contributed by atoms with van der Waals surface area (Å²) in [5.41, 5.74) is 3.05. The molecule has 100 valence electrons. The third-order valence-corrected chi connectivity index (χ3v) is 3.51. The number of ether oxygens (including phenoxy) is 1. The average molecular weight is 261 g/mol. The molecule has 1 atom stereocenters. The molecule has 0 aliphatic carbocycles. The second-order valence-corrected chi connectivity index (χ2v) is 4.75. The van der Waals surface area contributed by atoms with Gasteiger partial charge in [0.05, 0.1) is 24.9 Å². The summed E-state index contributed by atoms with van der Waals surface area (Å²) in [4.78, 5) is 12.4. The molecular weight excluding hydrogens is 246 g/mol. The normalized spacial score (nSPS) is 19.8. The van der Waals surface area contributed by atoms with E-state index < -0.39 is 6.09 Å². The van der Waals surface area contributed by atoms with E-state index in [0.717, 1.165) is 22.0 Å². The zero-order valence-electron chi connectivity index (χ0n) is 10.6. The molecule has 1 amide bonds. The van der Waals surface area contributed by atoms with Gasteiger partial charge in [-0.2, -0.15) is 5.10 Å². The maximum Gasteiger partial charge on any atom is 0.407 e.